The van der Waals surface area contributed by atoms with Crippen LogP contribution in [-0.2, 0) is 11.4 Å². The van der Waals surface area contributed by atoms with Crippen LogP contribution in [0, 0.1) is 0 Å². The van der Waals surface area contributed by atoms with Crippen LogP contribution < -0.4 is 14.8 Å². The minimum absolute atomic E-state index is 0.199. The number of hydrogen-bond donors (Lipinski definition) is 1. The van der Waals surface area contributed by atoms with Gasteiger partial charge in [0.05, 0.1) is 17.8 Å². The molecule has 0 atom stereocenters. The summed E-state index contributed by atoms with van der Waals surface area (Å²) in [6.07, 6.45) is 3.09. The first kappa shape index (κ1) is 22.0. The van der Waals surface area contributed by atoms with Crippen molar-refractivity contribution in [1.82, 2.24) is 0 Å². The fourth-order valence-corrected chi connectivity index (χ4v) is 3.33. The molecule has 1 amide bonds. The van der Waals surface area contributed by atoms with Gasteiger partial charge in [-0.25, -0.2) is 0 Å². The van der Waals surface area contributed by atoms with Crippen LogP contribution in [0.2, 0.25) is 15.1 Å². The summed E-state index contributed by atoms with van der Waals surface area (Å²) in [5.41, 5.74) is 2.01. The molecule has 0 aliphatic carbocycles. The highest BCUT2D eigenvalue weighted by Crippen LogP contribution is 2.31. The minimum Gasteiger partial charge on any atom is -0.493 e. The van der Waals surface area contributed by atoms with E-state index in [0.717, 1.165) is 5.56 Å². The van der Waals surface area contributed by atoms with E-state index in [2.05, 4.69) is 5.32 Å². The van der Waals surface area contributed by atoms with E-state index in [1.54, 1.807) is 67.8 Å². The van der Waals surface area contributed by atoms with Gasteiger partial charge in [-0.2, -0.15) is 0 Å². The lowest BCUT2D eigenvalue weighted by Gasteiger charge is -2.13. The maximum Gasteiger partial charge on any atom is 0.248 e. The molecular formula is C23H18Cl3NO3. The molecule has 0 aliphatic rings. The summed E-state index contributed by atoms with van der Waals surface area (Å²) in [5.74, 6) is 0.758. The molecule has 0 radical (unpaired) electrons. The van der Waals surface area contributed by atoms with E-state index in [9.17, 15) is 4.79 Å². The van der Waals surface area contributed by atoms with Crippen LogP contribution in [0.15, 0.2) is 66.7 Å². The summed E-state index contributed by atoms with van der Waals surface area (Å²) >= 11 is 18.4. The standard InChI is InChI=1S/C23H18Cl3NO3/c1-29-22-13-15(10-12-23(28)27-20-8-3-2-5-19(20)26)9-11-21(22)30-14-16-17(24)6-4-7-18(16)25/h2-13H,14H2,1H3,(H,27,28)/b12-10+. The molecule has 3 aromatic carbocycles. The topological polar surface area (TPSA) is 47.6 Å². The van der Waals surface area contributed by atoms with Crippen molar-refractivity contribution in [1.29, 1.82) is 0 Å². The van der Waals surface area contributed by atoms with Gasteiger partial charge in [-0.3, -0.25) is 4.79 Å². The monoisotopic (exact) mass is 461 g/mol. The molecule has 4 nitrogen and oxygen atoms in total. The van der Waals surface area contributed by atoms with E-state index in [1.807, 2.05) is 6.07 Å². The molecule has 0 aliphatic heterocycles. The zero-order valence-corrected chi connectivity index (χ0v) is 18.3. The molecule has 0 heterocycles. The molecule has 1 N–H and O–H groups in total. The second-order valence-electron chi connectivity index (χ2n) is 6.20. The normalized spacial score (nSPS) is 10.8. The van der Waals surface area contributed by atoms with Gasteiger partial charge in [-0.05, 0) is 48.0 Å². The smallest absolute Gasteiger partial charge is 0.248 e. The van der Waals surface area contributed by atoms with Gasteiger partial charge < -0.3 is 14.8 Å². The number of carbonyl (C=O) groups is 1. The first-order chi connectivity index (χ1) is 14.5. The summed E-state index contributed by atoms with van der Waals surface area (Å²) < 4.78 is 11.2. The Hall–Kier alpha value is -2.66. The van der Waals surface area contributed by atoms with Crippen LogP contribution in [-0.4, -0.2) is 13.0 Å². The lowest BCUT2D eigenvalue weighted by Crippen LogP contribution is -2.07. The van der Waals surface area contributed by atoms with Crippen molar-refractivity contribution in [3.63, 3.8) is 0 Å². The molecule has 3 aromatic rings. The highest BCUT2D eigenvalue weighted by Gasteiger charge is 2.10. The number of halogens is 3. The summed E-state index contributed by atoms with van der Waals surface area (Å²) in [4.78, 5) is 12.1. The van der Waals surface area contributed by atoms with Crippen molar-refractivity contribution >= 4 is 52.5 Å². The third-order valence-corrected chi connectivity index (χ3v) is 5.22. The Labute approximate surface area is 190 Å². The lowest BCUT2D eigenvalue weighted by molar-refractivity contribution is -0.111. The van der Waals surface area contributed by atoms with E-state index in [4.69, 9.17) is 44.3 Å². The number of hydrogen-bond acceptors (Lipinski definition) is 3. The number of rotatable bonds is 7. The minimum atomic E-state index is -0.296. The van der Waals surface area contributed by atoms with Crippen molar-refractivity contribution in [2.75, 3.05) is 12.4 Å². The highest BCUT2D eigenvalue weighted by atomic mass is 35.5. The summed E-state index contributed by atoms with van der Waals surface area (Å²) in [5, 5.41) is 4.27. The molecule has 0 saturated carbocycles. The van der Waals surface area contributed by atoms with Gasteiger partial charge in [-0.1, -0.05) is 59.1 Å². The van der Waals surface area contributed by atoms with Crippen LogP contribution in [0.25, 0.3) is 6.08 Å². The largest absolute Gasteiger partial charge is 0.493 e. The van der Waals surface area contributed by atoms with E-state index in [-0.39, 0.29) is 12.5 Å². The number of nitrogens with one attached hydrogen (secondary N) is 1. The van der Waals surface area contributed by atoms with Crippen LogP contribution >= 0.6 is 34.8 Å². The van der Waals surface area contributed by atoms with E-state index < -0.39 is 0 Å². The number of methoxy groups -OCH3 is 1. The van der Waals surface area contributed by atoms with Crippen molar-refractivity contribution < 1.29 is 14.3 Å². The fourth-order valence-electron chi connectivity index (χ4n) is 2.64. The van der Waals surface area contributed by atoms with Crippen molar-refractivity contribution in [3.05, 3.63) is 92.9 Å². The van der Waals surface area contributed by atoms with E-state index in [0.29, 0.717) is 37.8 Å². The third-order valence-electron chi connectivity index (χ3n) is 4.18. The molecule has 0 unspecified atom stereocenters. The first-order valence-corrected chi connectivity index (χ1v) is 10.1. The van der Waals surface area contributed by atoms with Gasteiger partial charge >= 0.3 is 0 Å². The van der Waals surface area contributed by atoms with Crippen LogP contribution in [0.5, 0.6) is 11.5 Å². The molecule has 154 valence electrons. The summed E-state index contributed by atoms with van der Waals surface area (Å²) in [6.45, 7) is 0.199. The Morgan fingerprint density at radius 2 is 1.63 bits per heavy atom. The van der Waals surface area contributed by atoms with E-state index in [1.165, 1.54) is 6.08 Å². The predicted molar refractivity (Wildman–Crippen MR) is 123 cm³/mol. The molecule has 30 heavy (non-hydrogen) atoms. The zero-order valence-electron chi connectivity index (χ0n) is 16.0. The number of benzene rings is 3. The van der Waals surface area contributed by atoms with Crippen molar-refractivity contribution in [3.8, 4) is 11.5 Å². The SMILES string of the molecule is COc1cc(/C=C/C(=O)Nc2ccccc2Cl)ccc1OCc1c(Cl)cccc1Cl. The molecule has 7 heteroatoms. The number of ether oxygens (including phenoxy) is 2. The average Bonchev–Trinajstić information content (AvgIpc) is 2.74. The van der Waals surface area contributed by atoms with Gasteiger partial charge in [-0.15, -0.1) is 0 Å². The van der Waals surface area contributed by atoms with Gasteiger partial charge in [0.2, 0.25) is 5.91 Å². The zero-order chi connectivity index (χ0) is 21.5. The number of carbonyl (C=O) groups excluding carboxylic acids is 1. The van der Waals surface area contributed by atoms with Gasteiger partial charge in [0.15, 0.2) is 11.5 Å². The number of anilines is 1. The predicted octanol–water partition coefficient (Wildman–Crippen LogP) is 6.89. The Balaban J connectivity index is 1.68. The molecule has 0 saturated heterocycles. The third kappa shape index (κ3) is 5.70. The highest BCUT2D eigenvalue weighted by molar-refractivity contribution is 6.36. The van der Waals surface area contributed by atoms with Gasteiger partial charge in [0, 0.05) is 21.7 Å². The number of para-hydroxylation sites is 1. The quantitative estimate of drug-likeness (QED) is 0.389. The Morgan fingerprint density at radius 3 is 2.33 bits per heavy atom. The molecule has 0 fully saturated rings. The summed E-state index contributed by atoms with van der Waals surface area (Å²) in [6, 6.07) is 17.7. The van der Waals surface area contributed by atoms with Crippen LogP contribution in [0.3, 0.4) is 0 Å². The Kier molecular flexibility index (Phi) is 7.63. The second-order valence-corrected chi connectivity index (χ2v) is 7.42. The molecule has 0 bridgehead atoms. The van der Waals surface area contributed by atoms with Crippen molar-refractivity contribution in [2.24, 2.45) is 0 Å². The Bertz CT molecular complexity index is 1060. The first-order valence-electron chi connectivity index (χ1n) is 8.95. The van der Waals surface area contributed by atoms with Gasteiger partial charge in [0.25, 0.3) is 0 Å². The average molecular weight is 463 g/mol. The van der Waals surface area contributed by atoms with E-state index >= 15 is 0 Å². The van der Waals surface area contributed by atoms with Crippen LogP contribution in [0.1, 0.15) is 11.1 Å². The van der Waals surface area contributed by atoms with Gasteiger partial charge in [0.1, 0.15) is 6.61 Å². The summed E-state index contributed by atoms with van der Waals surface area (Å²) in [7, 11) is 1.54. The molecular weight excluding hydrogens is 445 g/mol. The maximum absolute atomic E-state index is 12.1. The lowest BCUT2D eigenvalue weighted by atomic mass is 10.2. The fraction of sp³-hybridized carbons (Fsp3) is 0.0870. The van der Waals surface area contributed by atoms with Crippen molar-refractivity contribution in [2.45, 2.75) is 6.61 Å². The molecule has 0 aromatic heterocycles. The van der Waals surface area contributed by atoms with Crippen LogP contribution in [0.4, 0.5) is 5.69 Å². The Morgan fingerprint density at radius 1 is 0.933 bits per heavy atom. The molecule has 0 spiro atoms. The number of amides is 1. The maximum atomic E-state index is 12.1. The molecule has 3 rings (SSSR count). The second kappa shape index (κ2) is 10.4.